The van der Waals surface area contributed by atoms with Crippen LogP contribution in [0.2, 0.25) is 10.0 Å². The van der Waals surface area contributed by atoms with Crippen LogP contribution in [-0.2, 0) is 26.3 Å². The minimum Gasteiger partial charge on any atom is -0.352 e. The third-order valence-corrected chi connectivity index (χ3v) is 9.38. The number of benzene rings is 2. The molecule has 3 rings (SSSR count). The molecule has 39 heavy (non-hydrogen) atoms. The van der Waals surface area contributed by atoms with Crippen LogP contribution >= 0.6 is 23.2 Å². The molecule has 0 radical (unpaired) electrons. The number of halogens is 3. The fourth-order valence-electron chi connectivity index (χ4n) is 4.67. The molecule has 214 valence electrons. The highest BCUT2D eigenvalue weighted by atomic mass is 35.5. The van der Waals surface area contributed by atoms with Gasteiger partial charge in [-0.1, -0.05) is 67.6 Å². The molecule has 1 aliphatic rings. The minimum atomic E-state index is -4.28. The summed E-state index contributed by atoms with van der Waals surface area (Å²) in [4.78, 5) is 28.7. The lowest BCUT2D eigenvalue weighted by Crippen LogP contribution is -2.54. The molecule has 2 aromatic carbocycles. The Bertz CT molecular complexity index is 1250. The molecule has 12 heteroatoms. The summed E-state index contributed by atoms with van der Waals surface area (Å²) in [6.07, 6.45) is 5.11. The molecule has 0 bridgehead atoms. The molecule has 1 saturated carbocycles. The third kappa shape index (κ3) is 7.63. The van der Waals surface area contributed by atoms with Gasteiger partial charge in [0.05, 0.1) is 5.69 Å². The number of hydrogen-bond acceptors (Lipinski definition) is 4. The van der Waals surface area contributed by atoms with Crippen molar-refractivity contribution < 1.29 is 22.4 Å². The number of para-hydroxylation sites is 1. The number of amides is 2. The molecule has 1 atom stereocenters. The number of nitrogens with zero attached hydrogens (tertiary/aromatic N) is 3. The van der Waals surface area contributed by atoms with E-state index in [1.807, 2.05) is 0 Å². The Hall–Kier alpha value is -2.40. The maximum absolute atomic E-state index is 14.8. The van der Waals surface area contributed by atoms with Crippen LogP contribution in [-0.4, -0.2) is 62.2 Å². The molecule has 0 aliphatic heterocycles. The number of carbonyl (C=O) groups is 2. The molecule has 0 spiro atoms. The Labute approximate surface area is 240 Å². The minimum absolute atomic E-state index is 0.00480. The lowest BCUT2D eigenvalue weighted by molar-refractivity contribution is -0.140. The highest BCUT2D eigenvalue weighted by molar-refractivity contribution is 7.90. The van der Waals surface area contributed by atoms with E-state index in [0.29, 0.717) is 19.9 Å². The quantitative estimate of drug-likeness (QED) is 0.393. The van der Waals surface area contributed by atoms with Gasteiger partial charge in [-0.05, 0) is 43.5 Å². The normalized spacial score (nSPS) is 15.2. The molecular formula is C27H35Cl2FN4O4S. The highest BCUT2D eigenvalue weighted by Crippen LogP contribution is 2.29. The van der Waals surface area contributed by atoms with E-state index >= 15 is 0 Å². The SMILES string of the molecule is CC[C@@H](C(=O)NC1CCCCC1)N(Cc1c(Cl)cccc1Cl)C(=O)CN(c1ccccc1F)S(=O)(=O)N(C)C. The van der Waals surface area contributed by atoms with Crippen LogP contribution in [0.15, 0.2) is 42.5 Å². The second-order valence-electron chi connectivity index (χ2n) is 9.74. The smallest absolute Gasteiger partial charge is 0.304 e. The summed E-state index contributed by atoms with van der Waals surface area (Å²) < 4.78 is 42.9. The Morgan fingerprint density at radius 2 is 1.64 bits per heavy atom. The lowest BCUT2D eigenvalue weighted by Gasteiger charge is -2.35. The Morgan fingerprint density at radius 1 is 1.03 bits per heavy atom. The third-order valence-electron chi connectivity index (χ3n) is 6.87. The first-order valence-electron chi connectivity index (χ1n) is 12.9. The zero-order valence-electron chi connectivity index (χ0n) is 22.4. The van der Waals surface area contributed by atoms with Gasteiger partial charge in [-0.3, -0.25) is 9.59 Å². The second kappa shape index (κ2) is 13.8. The van der Waals surface area contributed by atoms with Crippen molar-refractivity contribution in [2.24, 2.45) is 0 Å². The van der Waals surface area contributed by atoms with Gasteiger partial charge in [-0.2, -0.15) is 12.7 Å². The predicted molar refractivity (Wildman–Crippen MR) is 152 cm³/mol. The first-order chi connectivity index (χ1) is 18.5. The van der Waals surface area contributed by atoms with E-state index in [1.54, 1.807) is 25.1 Å². The van der Waals surface area contributed by atoms with Gasteiger partial charge in [0.15, 0.2) is 0 Å². The molecule has 1 fully saturated rings. The summed E-state index contributed by atoms with van der Waals surface area (Å²) in [7, 11) is -1.70. The van der Waals surface area contributed by atoms with Gasteiger partial charge in [0.1, 0.15) is 18.4 Å². The van der Waals surface area contributed by atoms with Gasteiger partial charge in [-0.15, -0.1) is 0 Å². The molecule has 0 unspecified atom stereocenters. The average molecular weight is 602 g/mol. The summed E-state index contributed by atoms with van der Waals surface area (Å²) >= 11 is 12.8. The Kier molecular flexibility index (Phi) is 11.0. The molecule has 0 heterocycles. The van der Waals surface area contributed by atoms with Crippen molar-refractivity contribution in [1.29, 1.82) is 0 Å². The van der Waals surface area contributed by atoms with Crippen LogP contribution in [0.25, 0.3) is 0 Å². The van der Waals surface area contributed by atoms with Crippen molar-refractivity contribution in [2.75, 3.05) is 24.9 Å². The van der Waals surface area contributed by atoms with Crippen molar-refractivity contribution >= 4 is 50.9 Å². The molecule has 2 aromatic rings. The van der Waals surface area contributed by atoms with Crippen LogP contribution in [0.3, 0.4) is 0 Å². The zero-order valence-corrected chi connectivity index (χ0v) is 24.7. The number of nitrogens with one attached hydrogen (secondary N) is 1. The topological polar surface area (TPSA) is 90.0 Å². The first-order valence-corrected chi connectivity index (χ1v) is 15.1. The number of hydrogen-bond donors (Lipinski definition) is 1. The summed E-state index contributed by atoms with van der Waals surface area (Å²) in [5.74, 6) is -1.85. The molecular weight excluding hydrogens is 566 g/mol. The monoisotopic (exact) mass is 600 g/mol. The van der Waals surface area contributed by atoms with Gasteiger partial charge in [0.25, 0.3) is 0 Å². The van der Waals surface area contributed by atoms with Crippen LogP contribution in [0.5, 0.6) is 0 Å². The van der Waals surface area contributed by atoms with Crippen LogP contribution in [0.1, 0.15) is 51.0 Å². The molecule has 1 N–H and O–H groups in total. The van der Waals surface area contributed by atoms with Gasteiger partial charge >= 0.3 is 10.2 Å². The second-order valence-corrected chi connectivity index (χ2v) is 12.6. The fraction of sp³-hybridized carbons (Fsp3) is 0.481. The molecule has 2 amide bonds. The van der Waals surface area contributed by atoms with Crippen molar-refractivity contribution in [3.8, 4) is 0 Å². The molecule has 0 saturated heterocycles. The van der Waals surface area contributed by atoms with Gasteiger partial charge in [0, 0.05) is 42.3 Å². The maximum atomic E-state index is 14.8. The predicted octanol–water partition coefficient (Wildman–Crippen LogP) is 5.00. The van der Waals surface area contributed by atoms with E-state index in [-0.39, 0.29) is 30.6 Å². The first kappa shape index (κ1) is 31.1. The summed E-state index contributed by atoms with van der Waals surface area (Å²) in [5, 5.41) is 3.67. The van der Waals surface area contributed by atoms with Crippen molar-refractivity contribution in [1.82, 2.24) is 14.5 Å². The number of carbonyl (C=O) groups excluding carboxylic acids is 2. The largest absolute Gasteiger partial charge is 0.352 e. The zero-order chi connectivity index (χ0) is 28.7. The fourth-order valence-corrected chi connectivity index (χ4v) is 6.25. The average Bonchev–Trinajstić information content (AvgIpc) is 2.89. The number of anilines is 1. The van der Waals surface area contributed by atoms with Crippen molar-refractivity contribution in [3.05, 3.63) is 63.9 Å². The Balaban J connectivity index is 2.01. The number of rotatable bonds is 11. The summed E-state index contributed by atoms with van der Waals surface area (Å²) in [6, 6.07) is 9.29. The summed E-state index contributed by atoms with van der Waals surface area (Å²) in [5.41, 5.74) is 0.140. The van der Waals surface area contributed by atoms with E-state index in [2.05, 4.69) is 5.32 Å². The molecule has 8 nitrogen and oxygen atoms in total. The van der Waals surface area contributed by atoms with E-state index in [1.165, 1.54) is 37.2 Å². The van der Waals surface area contributed by atoms with E-state index in [4.69, 9.17) is 23.2 Å². The maximum Gasteiger partial charge on any atom is 0.304 e. The van der Waals surface area contributed by atoms with Crippen LogP contribution in [0, 0.1) is 5.82 Å². The van der Waals surface area contributed by atoms with Gasteiger partial charge in [-0.25, -0.2) is 8.70 Å². The van der Waals surface area contributed by atoms with Gasteiger partial charge < -0.3 is 10.2 Å². The van der Waals surface area contributed by atoms with Gasteiger partial charge in [0.2, 0.25) is 11.8 Å². The molecule has 1 aliphatic carbocycles. The summed E-state index contributed by atoms with van der Waals surface area (Å²) in [6.45, 7) is 0.891. The van der Waals surface area contributed by atoms with Crippen LogP contribution in [0.4, 0.5) is 10.1 Å². The van der Waals surface area contributed by atoms with E-state index in [0.717, 1.165) is 42.5 Å². The van der Waals surface area contributed by atoms with Crippen molar-refractivity contribution in [2.45, 2.75) is 64.1 Å². The van der Waals surface area contributed by atoms with Crippen LogP contribution < -0.4 is 9.62 Å². The lowest BCUT2D eigenvalue weighted by atomic mass is 9.95. The standard InChI is InChI=1S/C27H35Cl2FN4O4S/c1-4-24(27(36)31-19-11-6-5-7-12-19)33(17-20-21(28)13-10-14-22(20)29)26(35)18-34(39(37,38)32(2)3)25-16-9-8-15-23(25)30/h8-10,13-16,19,24H,4-7,11-12,17-18H2,1-3H3,(H,31,36)/t24-/m0/s1. The molecule has 0 aromatic heterocycles. The van der Waals surface area contributed by atoms with E-state index in [9.17, 15) is 22.4 Å². The van der Waals surface area contributed by atoms with E-state index < -0.39 is 34.5 Å². The Morgan fingerprint density at radius 3 is 2.21 bits per heavy atom. The van der Waals surface area contributed by atoms with Crippen molar-refractivity contribution in [3.63, 3.8) is 0 Å². The highest BCUT2D eigenvalue weighted by Gasteiger charge is 2.35.